The van der Waals surface area contributed by atoms with Crippen molar-refractivity contribution in [2.45, 2.75) is 11.3 Å². The lowest BCUT2D eigenvalue weighted by molar-refractivity contribution is 0.0600. The zero-order valence-electron chi connectivity index (χ0n) is 9.01. The molecule has 1 unspecified atom stereocenters. The molecule has 1 aromatic carbocycles. The van der Waals surface area contributed by atoms with Gasteiger partial charge in [0.15, 0.2) is 0 Å². The van der Waals surface area contributed by atoms with E-state index in [0.29, 0.717) is 22.8 Å². The summed E-state index contributed by atoms with van der Waals surface area (Å²) in [5, 5.41) is 0. The Morgan fingerprint density at radius 1 is 1.38 bits per heavy atom. The number of methoxy groups -OCH3 is 1. The van der Waals surface area contributed by atoms with Gasteiger partial charge in [-0.1, -0.05) is 0 Å². The topological polar surface area (TPSA) is 55.7 Å². The molecule has 4 nitrogen and oxygen atoms in total. The number of benzene rings is 1. The maximum atomic E-state index is 12.3. The van der Waals surface area contributed by atoms with Crippen molar-refractivity contribution in [3.05, 3.63) is 29.8 Å². The van der Waals surface area contributed by atoms with E-state index in [2.05, 4.69) is 9.10 Å². The van der Waals surface area contributed by atoms with Gasteiger partial charge in [-0.25, -0.2) is 13.4 Å². The van der Waals surface area contributed by atoms with Crippen molar-refractivity contribution < 1.29 is 13.7 Å². The summed E-state index contributed by atoms with van der Waals surface area (Å²) in [5.41, 5.74) is 0.465. The smallest absolute Gasteiger partial charge is 0.337 e. The van der Waals surface area contributed by atoms with Crippen molar-refractivity contribution >= 4 is 15.7 Å². The Morgan fingerprint density at radius 2 is 2.06 bits per heavy atom. The lowest BCUT2D eigenvalue weighted by atomic mass is 10.2. The van der Waals surface area contributed by atoms with Crippen molar-refractivity contribution in [2.75, 3.05) is 19.4 Å². The molecule has 1 aliphatic heterocycles. The summed E-state index contributed by atoms with van der Waals surface area (Å²) in [7, 11) is -0.873. The zero-order valence-corrected chi connectivity index (χ0v) is 9.83. The van der Waals surface area contributed by atoms with Gasteiger partial charge in [-0.05, 0) is 30.7 Å². The van der Waals surface area contributed by atoms with Gasteiger partial charge in [-0.3, -0.25) is 0 Å². The number of nitrogens with zero attached hydrogens (tertiary/aromatic N) is 1. The highest BCUT2D eigenvalue weighted by atomic mass is 32.2. The van der Waals surface area contributed by atoms with E-state index in [4.69, 9.17) is 0 Å². The van der Waals surface area contributed by atoms with Crippen LogP contribution in [0, 0.1) is 0 Å². The van der Waals surface area contributed by atoms with E-state index in [1.807, 2.05) is 0 Å². The van der Waals surface area contributed by atoms with E-state index in [9.17, 15) is 9.00 Å². The summed E-state index contributed by atoms with van der Waals surface area (Å²) < 4.78 is 21.0. The molecule has 2 rings (SSSR count). The van der Waals surface area contributed by atoms with Crippen LogP contribution in [0.5, 0.6) is 0 Å². The molecule has 1 heterocycles. The minimum atomic E-state index is -2.21. The van der Waals surface area contributed by atoms with Crippen LogP contribution in [0.1, 0.15) is 16.8 Å². The fourth-order valence-corrected chi connectivity index (χ4v) is 3.67. The molecule has 1 aromatic rings. The largest absolute Gasteiger partial charge is 0.465 e. The van der Waals surface area contributed by atoms with Crippen LogP contribution in [0.25, 0.3) is 0 Å². The van der Waals surface area contributed by atoms with E-state index < -0.39 is 9.73 Å². The molecule has 0 saturated heterocycles. The van der Waals surface area contributed by atoms with Crippen LogP contribution in [0.3, 0.4) is 0 Å². The number of carbonyl (C=O) groups is 1. The number of rotatable bonds is 2. The van der Waals surface area contributed by atoms with Crippen molar-refractivity contribution in [1.29, 1.82) is 0 Å². The molecule has 0 spiro atoms. The molecule has 0 radical (unpaired) electrons. The number of hydrogen-bond donors (Lipinski definition) is 0. The van der Waals surface area contributed by atoms with Crippen LogP contribution >= 0.6 is 0 Å². The van der Waals surface area contributed by atoms with Gasteiger partial charge < -0.3 is 4.74 Å². The summed E-state index contributed by atoms with van der Waals surface area (Å²) in [6.07, 6.45) is 0.873. The molecule has 0 aromatic heterocycles. The Balaban J connectivity index is 2.33. The molecule has 0 N–H and O–H groups in total. The third-order valence-electron chi connectivity index (χ3n) is 2.52. The lowest BCUT2D eigenvalue weighted by Crippen LogP contribution is -2.04. The van der Waals surface area contributed by atoms with Crippen LogP contribution in [0.4, 0.5) is 0 Å². The van der Waals surface area contributed by atoms with Gasteiger partial charge in [-0.15, -0.1) is 0 Å². The number of esters is 1. The predicted molar refractivity (Wildman–Crippen MR) is 61.0 cm³/mol. The predicted octanol–water partition coefficient (Wildman–Crippen LogP) is 1.70. The fourth-order valence-electron chi connectivity index (χ4n) is 1.65. The second-order valence-electron chi connectivity index (χ2n) is 3.57. The van der Waals surface area contributed by atoms with Crippen LogP contribution < -0.4 is 0 Å². The molecule has 86 valence electrons. The Morgan fingerprint density at radius 3 is 2.56 bits per heavy atom. The summed E-state index contributed by atoms with van der Waals surface area (Å²) in [5.74, 6) is 0.231. The summed E-state index contributed by atoms with van der Waals surface area (Å²) in [4.78, 5) is 11.9. The highest BCUT2D eigenvalue weighted by Gasteiger charge is 2.17. The maximum absolute atomic E-state index is 12.3. The van der Waals surface area contributed by atoms with Crippen LogP contribution in [-0.4, -0.2) is 29.6 Å². The van der Waals surface area contributed by atoms with Gasteiger partial charge in [0.1, 0.15) is 0 Å². The average Bonchev–Trinajstić information content (AvgIpc) is 2.77. The Labute approximate surface area is 94.8 Å². The van der Waals surface area contributed by atoms with E-state index in [1.54, 1.807) is 24.3 Å². The third-order valence-corrected chi connectivity index (χ3v) is 4.97. The highest BCUT2D eigenvalue weighted by molar-refractivity contribution is 7.93. The second-order valence-corrected chi connectivity index (χ2v) is 5.99. The van der Waals surface area contributed by atoms with E-state index in [1.165, 1.54) is 7.11 Å². The maximum Gasteiger partial charge on any atom is 0.337 e. The monoisotopic (exact) mass is 239 g/mol. The quantitative estimate of drug-likeness (QED) is 0.738. The molecule has 16 heavy (non-hydrogen) atoms. The lowest BCUT2D eigenvalue weighted by Gasteiger charge is -2.05. The Hall–Kier alpha value is -1.36. The zero-order chi connectivity index (χ0) is 11.6. The number of carbonyl (C=O) groups excluding carboxylic acids is 1. The third kappa shape index (κ3) is 1.95. The van der Waals surface area contributed by atoms with Gasteiger partial charge in [0.25, 0.3) is 0 Å². The second kappa shape index (κ2) is 4.25. The molecule has 0 bridgehead atoms. The number of ether oxygens (including phenoxy) is 1. The normalized spacial score (nSPS) is 23.8. The average molecular weight is 239 g/mol. The molecule has 1 atom stereocenters. The first-order valence-corrected chi connectivity index (χ1v) is 6.73. The number of hydrogen-bond acceptors (Lipinski definition) is 4. The van der Waals surface area contributed by atoms with Gasteiger partial charge in [0, 0.05) is 17.2 Å². The highest BCUT2D eigenvalue weighted by Crippen LogP contribution is 2.20. The first-order valence-electron chi connectivity index (χ1n) is 5.05. The van der Waals surface area contributed by atoms with E-state index in [-0.39, 0.29) is 5.97 Å². The molecular formula is C11H13NO3S. The van der Waals surface area contributed by atoms with Crippen molar-refractivity contribution in [2.24, 2.45) is 4.36 Å². The van der Waals surface area contributed by atoms with Crippen molar-refractivity contribution in [3.63, 3.8) is 0 Å². The minimum Gasteiger partial charge on any atom is -0.465 e. The van der Waals surface area contributed by atoms with Crippen LogP contribution in [-0.2, 0) is 14.5 Å². The van der Waals surface area contributed by atoms with Crippen molar-refractivity contribution in [3.8, 4) is 0 Å². The van der Waals surface area contributed by atoms with Gasteiger partial charge in [-0.2, -0.15) is 0 Å². The van der Waals surface area contributed by atoms with Gasteiger partial charge in [0.05, 0.1) is 22.4 Å². The fraction of sp³-hybridized carbons (Fsp3) is 0.364. The van der Waals surface area contributed by atoms with Crippen LogP contribution in [0.2, 0.25) is 0 Å². The van der Waals surface area contributed by atoms with Gasteiger partial charge in [0.2, 0.25) is 0 Å². The first-order chi connectivity index (χ1) is 7.65. The molecule has 0 fully saturated rings. The molecular weight excluding hydrogens is 226 g/mol. The summed E-state index contributed by atoms with van der Waals surface area (Å²) in [6.45, 7) is 0.664. The standard InChI is InChI=1S/C11H13NO3S/c1-15-11(13)9-3-5-10(6-4-9)16(14)8-2-7-12-16/h3-6H,2,7-8H2,1H3. The Kier molecular flexibility index (Phi) is 2.96. The summed E-state index contributed by atoms with van der Waals surface area (Å²) in [6, 6.07) is 6.65. The van der Waals surface area contributed by atoms with Crippen LogP contribution in [0.15, 0.2) is 33.5 Å². The molecule has 1 aliphatic rings. The molecule has 0 amide bonds. The Bertz CT molecular complexity index is 513. The SMILES string of the molecule is COC(=O)c1ccc(S2(=O)=NCCC2)cc1. The van der Waals surface area contributed by atoms with Crippen molar-refractivity contribution in [1.82, 2.24) is 0 Å². The van der Waals surface area contributed by atoms with E-state index in [0.717, 1.165) is 6.42 Å². The van der Waals surface area contributed by atoms with Gasteiger partial charge >= 0.3 is 5.97 Å². The first kappa shape index (κ1) is 11.1. The molecule has 0 saturated carbocycles. The molecule has 5 heteroatoms. The van der Waals surface area contributed by atoms with E-state index >= 15 is 0 Å². The summed E-state index contributed by atoms with van der Waals surface area (Å²) >= 11 is 0. The minimum absolute atomic E-state index is 0.384. The molecule has 0 aliphatic carbocycles.